The summed E-state index contributed by atoms with van der Waals surface area (Å²) >= 11 is 0. The molecule has 314 valence electrons. The van der Waals surface area contributed by atoms with Gasteiger partial charge in [0, 0.05) is 26.7 Å². The first kappa shape index (κ1) is 63.2. The van der Waals surface area contributed by atoms with Crippen LogP contribution in [0, 0.1) is 10.2 Å². The summed E-state index contributed by atoms with van der Waals surface area (Å²) in [6, 6.07) is 0. The van der Waals surface area contributed by atoms with Crippen molar-refractivity contribution in [3.8, 4) is 0 Å². The molecule has 3 N–H and O–H groups in total. The average molecular weight is 882 g/mol. The zero-order chi connectivity index (χ0) is 40.8. The van der Waals surface area contributed by atoms with Gasteiger partial charge in [-0.15, -0.1) is 0 Å². The van der Waals surface area contributed by atoms with Gasteiger partial charge in [-0.1, -0.05) is 0 Å². The van der Waals surface area contributed by atoms with E-state index >= 15 is 0 Å². The molecule has 0 aromatic heterocycles. The Morgan fingerprint density at radius 1 is 0.360 bits per heavy atom. The quantitative estimate of drug-likeness (QED) is 0.0994. The molecule has 0 rings (SSSR count). The van der Waals surface area contributed by atoms with Crippen LogP contribution < -0.4 is 4.66 Å². The normalized spacial score (nSPS) is 13.0. The Hall–Kier alpha value is 1.22. The Labute approximate surface area is 315 Å². The Morgan fingerprint density at radius 2 is 0.420 bits per heavy atom. The minimum absolute atomic E-state index is 0. The van der Waals surface area contributed by atoms with Gasteiger partial charge in [0.1, 0.15) is 0 Å². The van der Waals surface area contributed by atoms with Gasteiger partial charge in [-0.2, -0.15) is 0 Å². The van der Waals surface area contributed by atoms with Crippen molar-refractivity contribution in [3.05, 3.63) is 0 Å². The Morgan fingerprint density at radius 3 is 0.460 bits per heavy atom. The van der Waals surface area contributed by atoms with E-state index in [0.717, 1.165) is 0 Å². The van der Waals surface area contributed by atoms with Crippen molar-refractivity contribution >= 4 is 30.4 Å². The van der Waals surface area contributed by atoms with Crippen molar-refractivity contribution in [1.29, 1.82) is 0 Å². The average Bonchev–Trinajstić information content (AvgIpc) is 2.65. The molecule has 0 fully saturated rings. The molecule has 0 aromatic rings. The monoisotopic (exact) mass is 880 g/mol. The van der Waals surface area contributed by atoms with E-state index in [9.17, 15) is 18.3 Å². The number of hydrogen-bond donors (Lipinski definition) is 3. The molecule has 0 aliphatic rings. The van der Waals surface area contributed by atoms with E-state index in [0.29, 0.717) is 0 Å². The van der Waals surface area contributed by atoms with E-state index in [2.05, 4.69) is 0 Å². The molecule has 0 aliphatic heterocycles. The predicted octanol–water partition coefficient (Wildman–Crippen LogP) is 7.77. The van der Waals surface area contributed by atoms with E-state index < -0.39 is 40.6 Å². The van der Waals surface area contributed by atoms with E-state index in [1.165, 1.54) is 26.7 Å². The molecule has 0 bridgehead atoms. The van der Waals surface area contributed by atoms with Crippen molar-refractivity contribution in [3.63, 3.8) is 0 Å². The number of hydrogen-bond acceptors (Lipinski definition) is 16. The maximum absolute atomic E-state index is 11.4. The summed E-state index contributed by atoms with van der Waals surface area (Å²) in [5, 5.41) is 0. The van der Waals surface area contributed by atoms with Crippen LogP contribution in [-0.4, -0.2) is 89.5 Å². The first-order chi connectivity index (χ1) is 21.3. The van der Waals surface area contributed by atoms with Gasteiger partial charge < -0.3 is 36.2 Å². The number of halogens is 1. The van der Waals surface area contributed by atoms with Crippen LogP contribution in [-0.2, 0) is 70.9 Å². The third-order valence-corrected chi connectivity index (χ3v) is 9.66. The standard InChI is InChI=1S/4C7H17O3P.ClH3O4.Ni/c4*1-6(2)9-11(5,8)10-7(3)4;2-1(3,4)5;/h4*6-7H,1-5H3;2-4H;/q;;;;;+2. The van der Waals surface area contributed by atoms with Crippen LogP contribution in [0.2, 0.25) is 0 Å². The summed E-state index contributed by atoms with van der Waals surface area (Å²) in [6.45, 7) is 35.3. The molecule has 0 aliphatic carbocycles. The second-order valence-corrected chi connectivity index (χ2v) is 21.5. The summed E-state index contributed by atoms with van der Waals surface area (Å²) in [5.74, 6) is 0. The predicted molar refractivity (Wildman–Crippen MR) is 191 cm³/mol. The van der Waals surface area contributed by atoms with Crippen LogP contribution >= 0.6 is 30.4 Å². The fourth-order valence-corrected chi connectivity index (χ4v) is 9.49. The van der Waals surface area contributed by atoms with Gasteiger partial charge in [-0.05, 0) is 111 Å². The molecule has 16 nitrogen and oxygen atoms in total. The SMILES string of the molecule is CC(C)OP(C)(=O)OC(C)C.CC(C)OP(C)(=O)OC(C)C.CC(C)OP(C)(=O)OC(C)C.CC(C)OP(C)(=O)OC(C)C.[Ni+2].[O-][Cl+](O)(O)O. The molecule has 0 atom stereocenters. The zero-order valence-corrected chi connectivity index (χ0v) is 39.1. The Kier molecular flexibility index (Phi) is 38.5. The van der Waals surface area contributed by atoms with E-state index in [4.69, 9.17) is 54.8 Å². The topological polar surface area (TPSA) is 226 Å². The van der Waals surface area contributed by atoms with Gasteiger partial charge in [0.25, 0.3) is 0 Å². The molecule has 0 amide bonds. The van der Waals surface area contributed by atoms with Crippen molar-refractivity contribution < 1.29 is 99.8 Å². The molecule has 0 saturated heterocycles. The fourth-order valence-electron chi connectivity index (χ4n) is 3.16. The van der Waals surface area contributed by atoms with Crippen LogP contribution in [0.5, 0.6) is 0 Å². The Balaban J connectivity index is -0.000000123. The van der Waals surface area contributed by atoms with Crippen molar-refractivity contribution in [2.45, 2.75) is 160 Å². The third-order valence-electron chi connectivity index (χ3n) is 3.22. The molecule has 0 saturated carbocycles. The number of rotatable bonds is 16. The van der Waals surface area contributed by atoms with Gasteiger partial charge in [-0.25, -0.2) is 0 Å². The summed E-state index contributed by atoms with van der Waals surface area (Å²) in [4.78, 5) is 0. The minimum atomic E-state index is -4.19. The van der Waals surface area contributed by atoms with E-state index in [-0.39, 0.29) is 65.3 Å². The fraction of sp³-hybridized carbons (Fsp3) is 1.00. The van der Waals surface area contributed by atoms with Gasteiger partial charge >= 0.3 is 75.8 Å². The van der Waals surface area contributed by atoms with Gasteiger partial charge in [0.2, 0.25) is 0 Å². The second kappa shape index (κ2) is 30.4. The molecule has 0 heterocycles. The van der Waals surface area contributed by atoms with E-state index in [1.807, 2.05) is 111 Å². The summed E-state index contributed by atoms with van der Waals surface area (Å²) in [6.07, 6.45) is -0.410. The van der Waals surface area contributed by atoms with Crippen LogP contribution in [0.4, 0.5) is 0 Å². The molecule has 0 spiro atoms. The molecule has 0 aromatic carbocycles. The van der Waals surface area contributed by atoms with Crippen LogP contribution in [0.15, 0.2) is 0 Å². The zero-order valence-electron chi connectivity index (χ0n) is 33.8. The molecule has 22 heteroatoms. The second-order valence-electron chi connectivity index (χ2n) is 12.8. The van der Waals surface area contributed by atoms with Crippen LogP contribution in [0.3, 0.4) is 0 Å². The summed E-state index contributed by atoms with van der Waals surface area (Å²) in [5.41, 5.74) is 0. The molecular formula is C28H71ClNiO16P4+2. The first-order valence-corrected chi connectivity index (χ1v) is 25.0. The van der Waals surface area contributed by atoms with Gasteiger partial charge in [0.05, 0.1) is 48.8 Å². The van der Waals surface area contributed by atoms with E-state index in [1.54, 1.807) is 0 Å². The molecule has 0 unspecified atom stereocenters. The summed E-state index contributed by atoms with van der Waals surface area (Å²) < 4.78 is 116. The van der Waals surface area contributed by atoms with Crippen molar-refractivity contribution in [1.82, 2.24) is 0 Å². The maximum atomic E-state index is 11.4. The molecule has 0 radical (unpaired) electrons. The molecule has 50 heavy (non-hydrogen) atoms. The Bertz CT molecular complexity index is 801. The van der Waals surface area contributed by atoms with Gasteiger partial charge in [0.15, 0.2) is 0 Å². The van der Waals surface area contributed by atoms with Crippen LogP contribution in [0.25, 0.3) is 0 Å². The van der Waals surface area contributed by atoms with Crippen molar-refractivity contribution in [2.75, 3.05) is 26.7 Å². The molecular weight excluding hydrogens is 810 g/mol. The summed E-state index contributed by atoms with van der Waals surface area (Å²) in [7, 11) is -15.4. The first-order valence-electron chi connectivity index (χ1n) is 15.8. The third kappa shape index (κ3) is 67.4. The van der Waals surface area contributed by atoms with Gasteiger partial charge in [-0.3, -0.25) is 18.3 Å². The van der Waals surface area contributed by atoms with Crippen LogP contribution in [0.1, 0.15) is 111 Å². The van der Waals surface area contributed by atoms with Crippen molar-refractivity contribution in [2.24, 2.45) is 0 Å².